The van der Waals surface area contributed by atoms with Crippen molar-refractivity contribution < 1.29 is 17.9 Å². The van der Waals surface area contributed by atoms with Gasteiger partial charge in [-0.3, -0.25) is 0 Å². The number of rotatable bonds is 4. The second-order valence-electron chi connectivity index (χ2n) is 9.52. The Morgan fingerprint density at radius 1 is 1.09 bits per heavy atom. The van der Waals surface area contributed by atoms with Gasteiger partial charge in [-0.05, 0) is 19.8 Å². The van der Waals surface area contributed by atoms with Crippen molar-refractivity contribution in [3.05, 3.63) is 29.5 Å². The van der Waals surface area contributed by atoms with Gasteiger partial charge < -0.3 is 14.5 Å². The van der Waals surface area contributed by atoms with E-state index in [2.05, 4.69) is 21.8 Å². The quantitative estimate of drug-likeness (QED) is 0.571. The summed E-state index contributed by atoms with van der Waals surface area (Å²) in [5.74, 6) is 1.27. The molecule has 0 bridgehead atoms. The molecule has 34 heavy (non-hydrogen) atoms. The number of alkyl halides is 3. The molecule has 3 aromatic heterocycles. The SMILES string of the molecule is CCc1nn(C2COC2)c2nc(N3CCC4(CN(c5cc(C(F)(F)F)nc(C)n5)C4)C3)cnc12. The van der Waals surface area contributed by atoms with Crippen molar-refractivity contribution in [1.29, 1.82) is 0 Å². The molecule has 1 spiro atoms. The summed E-state index contributed by atoms with van der Waals surface area (Å²) in [5.41, 5.74) is 1.67. The maximum absolute atomic E-state index is 13.2. The van der Waals surface area contributed by atoms with Crippen molar-refractivity contribution in [2.75, 3.05) is 49.2 Å². The second-order valence-corrected chi connectivity index (χ2v) is 9.52. The Morgan fingerprint density at radius 2 is 1.85 bits per heavy atom. The molecule has 3 aliphatic heterocycles. The van der Waals surface area contributed by atoms with Gasteiger partial charge in [-0.15, -0.1) is 0 Å². The zero-order valence-corrected chi connectivity index (χ0v) is 19.0. The number of fused-ring (bicyclic) bond motifs is 1. The summed E-state index contributed by atoms with van der Waals surface area (Å²) in [7, 11) is 0. The van der Waals surface area contributed by atoms with Gasteiger partial charge in [-0.25, -0.2) is 24.6 Å². The minimum absolute atomic E-state index is 0.00449. The first-order valence-corrected chi connectivity index (χ1v) is 11.5. The Balaban J connectivity index is 1.20. The number of nitrogens with zero attached hydrogens (tertiary/aromatic N) is 8. The number of aromatic nitrogens is 6. The van der Waals surface area contributed by atoms with Crippen LogP contribution in [-0.4, -0.2) is 69.1 Å². The fraction of sp³-hybridized carbons (Fsp3) is 0.591. The summed E-state index contributed by atoms with van der Waals surface area (Å²) < 4.78 is 46.8. The van der Waals surface area contributed by atoms with E-state index in [-0.39, 0.29) is 17.3 Å². The van der Waals surface area contributed by atoms with Crippen molar-refractivity contribution in [3.63, 3.8) is 0 Å². The molecule has 0 aliphatic carbocycles. The molecule has 3 aromatic rings. The lowest BCUT2D eigenvalue weighted by molar-refractivity contribution is -0.141. The summed E-state index contributed by atoms with van der Waals surface area (Å²) in [6, 6.07) is 1.23. The Morgan fingerprint density at radius 3 is 2.53 bits per heavy atom. The predicted molar refractivity (Wildman–Crippen MR) is 118 cm³/mol. The van der Waals surface area contributed by atoms with E-state index in [1.807, 2.05) is 15.8 Å². The molecule has 0 radical (unpaired) electrons. The molecule has 0 amide bonds. The summed E-state index contributed by atoms with van der Waals surface area (Å²) in [6.07, 6.45) is -0.951. The molecule has 180 valence electrons. The second kappa shape index (κ2) is 7.49. The van der Waals surface area contributed by atoms with Crippen LogP contribution in [0.3, 0.4) is 0 Å². The molecule has 6 rings (SSSR count). The highest BCUT2D eigenvalue weighted by Crippen LogP contribution is 2.43. The van der Waals surface area contributed by atoms with Crippen LogP contribution in [0.25, 0.3) is 11.2 Å². The van der Waals surface area contributed by atoms with Gasteiger partial charge in [-0.1, -0.05) is 6.92 Å². The van der Waals surface area contributed by atoms with Crippen LogP contribution in [-0.2, 0) is 17.3 Å². The third-order valence-corrected chi connectivity index (χ3v) is 7.02. The molecular formula is C22H25F3N8O. The summed E-state index contributed by atoms with van der Waals surface area (Å²) in [5, 5.41) is 4.72. The van der Waals surface area contributed by atoms with Crippen LogP contribution < -0.4 is 9.80 Å². The molecule has 12 heteroatoms. The first kappa shape index (κ1) is 21.5. The fourth-order valence-electron chi connectivity index (χ4n) is 5.14. The molecule has 6 heterocycles. The molecule has 0 saturated carbocycles. The maximum Gasteiger partial charge on any atom is 0.433 e. The van der Waals surface area contributed by atoms with E-state index in [0.29, 0.717) is 32.1 Å². The fourth-order valence-corrected chi connectivity index (χ4v) is 5.14. The molecule has 9 nitrogen and oxygen atoms in total. The Kier molecular flexibility index (Phi) is 4.74. The van der Waals surface area contributed by atoms with Gasteiger partial charge in [0.1, 0.15) is 34.7 Å². The highest BCUT2D eigenvalue weighted by Gasteiger charge is 2.49. The van der Waals surface area contributed by atoms with E-state index >= 15 is 0 Å². The highest BCUT2D eigenvalue weighted by atomic mass is 19.4. The van der Waals surface area contributed by atoms with Crippen LogP contribution in [0.15, 0.2) is 12.3 Å². The summed E-state index contributed by atoms with van der Waals surface area (Å²) in [6.45, 7) is 7.73. The van der Waals surface area contributed by atoms with Gasteiger partial charge in [0.05, 0.1) is 25.1 Å². The van der Waals surface area contributed by atoms with Crippen LogP contribution in [0, 0.1) is 12.3 Å². The van der Waals surface area contributed by atoms with Gasteiger partial charge in [0, 0.05) is 37.7 Å². The molecule has 3 aliphatic rings. The smallest absolute Gasteiger partial charge is 0.377 e. The normalized spacial score (nSPS) is 20.3. The monoisotopic (exact) mass is 474 g/mol. The topological polar surface area (TPSA) is 85.1 Å². The molecule has 0 N–H and O–H groups in total. The Hall–Kier alpha value is -3.02. The number of anilines is 2. The Bertz CT molecular complexity index is 1250. The van der Waals surface area contributed by atoms with E-state index in [0.717, 1.165) is 54.7 Å². The zero-order valence-electron chi connectivity index (χ0n) is 19.0. The van der Waals surface area contributed by atoms with Crippen LogP contribution in [0.5, 0.6) is 0 Å². The van der Waals surface area contributed by atoms with Gasteiger partial charge in [-0.2, -0.15) is 18.3 Å². The lowest BCUT2D eigenvalue weighted by atomic mass is 9.79. The standard InChI is InChI=1S/C22H25F3N8O/c1-3-15-19-20(33(30-15)14-8-34-9-14)29-18(7-26-19)31-5-4-21(10-31)11-32(12-21)17-6-16(22(23,24)25)27-13(2)28-17/h6-7,14H,3-5,8-12H2,1-2H3. The number of ether oxygens (including phenoxy) is 1. The average Bonchev–Trinajstić information content (AvgIpc) is 3.33. The average molecular weight is 474 g/mol. The van der Waals surface area contributed by atoms with Crippen molar-refractivity contribution >= 4 is 22.8 Å². The van der Waals surface area contributed by atoms with Gasteiger partial charge >= 0.3 is 6.18 Å². The zero-order chi connectivity index (χ0) is 23.7. The van der Waals surface area contributed by atoms with Crippen molar-refractivity contribution in [2.24, 2.45) is 5.41 Å². The van der Waals surface area contributed by atoms with Crippen molar-refractivity contribution in [2.45, 2.75) is 38.9 Å². The third kappa shape index (κ3) is 3.46. The van der Waals surface area contributed by atoms with E-state index in [4.69, 9.17) is 19.8 Å². The molecule has 3 saturated heterocycles. The molecule has 0 unspecified atom stereocenters. The van der Waals surface area contributed by atoms with E-state index in [1.165, 1.54) is 6.92 Å². The number of aryl methyl sites for hydroxylation is 2. The molecular weight excluding hydrogens is 449 g/mol. The lowest BCUT2D eigenvalue weighted by Gasteiger charge is -2.48. The van der Waals surface area contributed by atoms with Crippen molar-refractivity contribution in [1.82, 2.24) is 29.7 Å². The van der Waals surface area contributed by atoms with E-state index < -0.39 is 11.9 Å². The minimum Gasteiger partial charge on any atom is -0.377 e. The van der Waals surface area contributed by atoms with Gasteiger partial charge in [0.15, 0.2) is 5.65 Å². The number of hydrogen-bond acceptors (Lipinski definition) is 8. The van der Waals surface area contributed by atoms with Crippen LogP contribution in [0.1, 0.15) is 36.6 Å². The summed E-state index contributed by atoms with van der Waals surface area (Å²) in [4.78, 5) is 21.5. The van der Waals surface area contributed by atoms with Crippen LogP contribution >= 0.6 is 0 Å². The van der Waals surface area contributed by atoms with E-state index in [1.54, 1.807) is 0 Å². The Labute approximate surface area is 194 Å². The van der Waals surface area contributed by atoms with Crippen LogP contribution in [0.2, 0.25) is 0 Å². The van der Waals surface area contributed by atoms with Crippen molar-refractivity contribution in [3.8, 4) is 0 Å². The number of halogens is 3. The highest BCUT2D eigenvalue weighted by molar-refractivity contribution is 5.75. The first-order chi connectivity index (χ1) is 16.2. The molecule has 3 fully saturated rings. The third-order valence-electron chi connectivity index (χ3n) is 7.02. The van der Waals surface area contributed by atoms with E-state index in [9.17, 15) is 13.2 Å². The van der Waals surface area contributed by atoms with Gasteiger partial charge in [0.2, 0.25) is 0 Å². The minimum atomic E-state index is -4.48. The first-order valence-electron chi connectivity index (χ1n) is 11.5. The van der Waals surface area contributed by atoms with Gasteiger partial charge in [0.25, 0.3) is 0 Å². The number of hydrogen-bond donors (Lipinski definition) is 0. The largest absolute Gasteiger partial charge is 0.433 e. The lowest BCUT2D eigenvalue weighted by Crippen LogP contribution is -2.58. The predicted octanol–water partition coefficient (Wildman–Crippen LogP) is 2.79. The maximum atomic E-state index is 13.2. The molecule has 0 atom stereocenters. The summed E-state index contributed by atoms with van der Waals surface area (Å²) >= 11 is 0. The van der Waals surface area contributed by atoms with Crippen LogP contribution in [0.4, 0.5) is 24.8 Å². The molecule has 0 aromatic carbocycles.